The van der Waals surface area contributed by atoms with Crippen molar-refractivity contribution in [2.24, 2.45) is 0 Å². The van der Waals surface area contributed by atoms with Gasteiger partial charge in [-0.2, -0.15) is 17.9 Å². The van der Waals surface area contributed by atoms with E-state index in [2.05, 4.69) is 21.7 Å². The minimum absolute atomic E-state index is 0.112. The van der Waals surface area contributed by atoms with Crippen molar-refractivity contribution in [2.45, 2.75) is 70.0 Å². The van der Waals surface area contributed by atoms with Crippen LogP contribution in [0.25, 0.3) is 0 Å². The molecule has 0 aliphatic heterocycles. The lowest BCUT2D eigenvalue weighted by molar-refractivity contribution is 0.329. The van der Waals surface area contributed by atoms with E-state index in [9.17, 15) is 8.42 Å². The lowest BCUT2D eigenvalue weighted by Gasteiger charge is -2.29. The summed E-state index contributed by atoms with van der Waals surface area (Å²) in [6.07, 6.45) is 7.12. The number of hydrogen-bond acceptors (Lipinski definition) is 3. The van der Waals surface area contributed by atoms with Crippen LogP contribution in [0.1, 0.15) is 51.9 Å². The fourth-order valence-corrected chi connectivity index (χ4v) is 3.85. The topological polar surface area (TPSA) is 70.2 Å². The van der Waals surface area contributed by atoms with E-state index in [1.165, 1.54) is 0 Å². The third-order valence-electron chi connectivity index (χ3n) is 3.63. The van der Waals surface area contributed by atoms with E-state index in [1.807, 2.05) is 0 Å². The summed E-state index contributed by atoms with van der Waals surface area (Å²) in [5.41, 5.74) is 0. The molecule has 0 aromatic heterocycles. The molecule has 2 fully saturated rings. The average Bonchev–Trinajstić information content (AvgIpc) is 3.11. The highest BCUT2D eigenvalue weighted by molar-refractivity contribution is 7.87. The quantitative estimate of drug-likeness (QED) is 0.646. The van der Waals surface area contributed by atoms with E-state index in [1.54, 1.807) is 0 Å². The van der Waals surface area contributed by atoms with Crippen molar-refractivity contribution >= 4 is 10.2 Å². The Labute approximate surface area is 110 Å². The van der Waals surface area contributed by atoms with Crippen LogP contribution in [0.5, 0.6) is 0 Å². The van der Waals surface area contributed by atoms with Gasteiger partial charge in [-0.05, 0) is 51.5 Å². The molecule has 2 rings (SSSR count). The molecule has 0 amide bonds. The Balaban J connectivity index is 1.69. The van der Waals surface area contributed by atoms with E-state index in [-0.39, 0.29) is 12.1 Å². The molecule has 18 heavy (non-hydrogen) atoms. The van der Waals surface area contributed by atoms with Crippen LogP contribution >= 0.6 is 0 Å². The van der Waals surface area contributed by atoms with Gasteiger partial charge in [0, 0.05) is 18.1 Å². The highest BCUT2D eigenvalue weighted by Gasteiger charge is 2.29. The van der Waals surface area contributed by atoms with Crippen LogP contribution in [0.3, 0.4) is 0 Å². The molecular formula is C12H25N3O2S. The second kappa shape index (κ2) is 6.32. The molecule has 5 nitrogen and oxygen atoms in total. The largest absolute Gasteiger partial charge is 0.314 e. The molecule has 106 valence electrons. The summed E-state index contributed by atoms with van der Waals surface area (Å²) in [7, 11) is -3.27. The molecule has 0 aromatic rings. The van der Waals surface area contributed by atoms with Gasteiger partial charge < -0.3 is 5.32 Å². The molecule has 6 heteroatoms. The summed E-state index contributed by atoms with van der Waals surface area (Å²) >= 11 is 0. The Morgan fingerprint density at radius 3 is 1.78 bits per heavy atom. The van der Waals surface area contributed by atoms with Crippen LogP contribution in [0.2, 0.25) is 0 Å². The second-order valence-electron chi connectivity index (χ2n) is 5.52. The smallest absolute Gasteiger partial charge is 0.277 e. The third-order valence-corrected chi connectivity index (χ3v) is 4.92. The molecule has 3 N–H and O–H groups in total. The van der Waals surface area contributed by atoms with Crippen LogP contribution in [0.4, 0.5) is 0 Å². The molecule has 0 aromatic carbocycles. The SMILES string of the molecule is CCCNC1CCC(NS(=O)(=O)NC2CC2)CC1. The highest BCUT2D eigenvalue weighted by Crippen LogP contribution is 2.21. The molecule has 2 aliphatic carbocycles. The van der Waals surface area contributed by atoms with Gasteiger partial charge in [0.1, 0.15) is 0 Å². The van der Waals surface area contributed by atoms with Crippen molar-refractivity contribution in [3.8, 4) is 0 Å². The normalized spacial score (nSPS) is 29.4. The zero-order valence-corrected chi connectivity index (χ0v) is 11.9. The molecular weight excluding hydrogens is 250 g/mol. The number of hydrogen-bond donors (Lipinski definition) is 3. The van der Waals surface area contributed by atoms with Crippen LogP contribution in [-0.2, 0) is 10.2 Å². The molecule has 0 unspecified atom stereocenters. The van der Waals surface area contributed by atoms with Crippen LogP contribution in [-0.4, -0.2) is 33.1 Å². The van der Waals surface area contributed by atoms with Crippen LogP contribution in [0, 0.1) is 0 Å². The van der Waals surface area contributed by atoms with Crippen molar-refractivity contribution in [1.82, 2.24) is 14.8 Å². The van der Waals surface area contributed by atoms with Crippen molar-refractivity contribution in [1.29, 1.82) is 0 Å². The average molecular weight is 275 g/mol. The highest BCUT2D eigenvalue weighted by atomic mass is 32.2. The Morgan fingerprint density at radius 2 is 1.33 bits per heavy atom. The first kappa shape index (κ1) is 14.2. The van der Waals surface area contributed by atoms with Gasteiger partial charge in [0.25, 0.3) is 10.2 Å². The Morgan fingerprint density at radius 1 is 0.889 bits per heavy atom. The van der Waals surface area contributed by atoms with Crippen molar-refractivity contribution in [3.05, 3.63) is 0 Å². The minimum Gasteiger partial charge on any atom is -0.314 e. The van der Waals surface area contributed by atoms with E-state index in [4.69, 9.17) is 0 Å². The van der Waals surface area contributed by atoms with Gasteiger partial charge in [-0.15, -0.1) is 0 Å². The summed E-state index contributed by atoms with van der Waals surface area (Å²) in [4.78, 5) is 0. The number of nitrogens with one attached hydrogen (secondary N) is 3. The van der Waals surface area contributed by atoms with E-state index >= 15 is 0 Å². The van der Waals surface area contributed by atoms with Gasteiger partial charge in [0.05, 0.1) is 0 Å². The van der Waals surface area contributed by atoms with Gasteiger partial charge in [0.2, 0.25) is 0 Å². The molecule has 0 spiro atoms. The predicted molar refractivity (Wildman–Crippen MR) is 72.6 cm³/mol. The summed E-state index contributed by atoms with van der Waals surface area (Å²) in [6, 6.07) is 0.869. The predicted octanol–water partition coefficient (Wildman–Crippen LogP) is 0.884. The molecule has 0 radical (unpaired) electrons. The Kier molecular flexibility index (Phi) is 5.00. The summed E-state index contributed by atoms with van der Waals surface area (Å²) in [6.45, 7) is 3.22. The summed E-state index contributed by atoms with van der Waals surface area (Å²) in [5, 5.41) is 3.50. The molecule has 2 aliphatic rings. The molecule has 0 atom stereocenters. The fraction of sp³-hybridized carbons (Fsp3) is 1.00. The standard InChI is InChI=1S/C12H25N3O2S/c1-2-9-13-10-3-5-11(6-4-10)14-18(16,17)15-12-7-8-12/h10-15H,2-9H2,1H3. The first-order chi connectivity index (χ1) is 8.59. The second-order valence-corrected chi connectivity index (χ2v) is 6.99. The van der Waals surface area contributed by atoms with Gasteiger partial charge in [-0.25, -0.2) is 0 Å². The molecule has 0 saturated heterocycles. The van der Waals surface area contributed by atoms with Gasteiger partial charge in [-0.1, -0.05) is 6.92 Å². The third kappa shape index (κ3) is 4.84. The zero-order chi connectivity index (χ0) is 13.0. The first-order valence-corrected chi connectivity index (χ1v) is 8.60. The van der Waals surface area contributed by atoms with Crippen molar-refractivity contribution < 1.29 is 8.42 Å². The minimum atomic E-state index is -3.27. The number of rotatable bonds is 7. The van der Waals surface area contributed by atoms with Crippen molar-refractivity contribution in [3.63, 3.8) is 0 Å². The monoisotopic (exact) mass is 275 g/mol. The molecule has 0 heterocycles. The van der Waals surface area contributed by atoms with Gasteiger partial charge in [-0.3, -0.25) is 0 Å². The molecule has 2 saturated carbocycles. The fourth-order valence-electron chi connectivity index (χ4n) is 2.44. The van der Waals surface area contributed by atoms with Crippen LogP contribution < -0.4 is 14.8 Å². The first-order valence-electron chi connectivity index (χ1n) is 7.12. The summed E-state index contributed by atoms with van der Waals surface area (Å²) < 4.78 is 29.0. The van der Waals surface area contributed by atoms with E-state index in [0.717, 1.165) is 51.5 Å². The maximum Gasteiger partial charge on any atom is 0.277 e. The van der Waals surface area contributed by atoms with E-state index in [0.29, 0.717) is 6.04 Å². The van der Waals surface area contributed by atoms with Gasteiger partial charge in [0.15, 0.2) is 0 Å². The Bertz CT molecular complexity index is 346. The zero-order valence-electron chi connectivity index (χ0n) is 11.1. The summed E-state index contributed by atoms with van der Waals surface area (Å²) in [5.74, 6) is 0. The maximum atomic E-state index is 11.8. The van der Waals surface area contributed by atoms with Crippen molar-refractivity contribution in [2.75, 3.05) is 6.54 Å². The lowest BCUT2D eigenvalue weighted by atomic mass is 9.92. The Hall–Kier alpha value is -0.170. The van der Waals surface area contributed by atoms with Gasteiger partial charge >= 0.3 is 0 Å². The molecule has 0 bridgehead atoms. The van der Waals surface area contributed by atoms with E-state index < -0.39 is 10.2 Å². The lowest BCUT2D eigenvalue weighted by Crippen LogP contribution is -2.46. The van der Waals surface area contributed by atoms with Crippen LogP contribution in [0.15, 0.2) is 0 Å². The maximum absolute atomic E-state index is 11.8.